The highest BCUT2D eigenvalue weighted by atomic mass is 16.2. The molecule has 0 aliphatic heterocycles. The van der Waals surface area contributed by atoms with Crippen molar-refractivity contribution in [2.24, 2.45) is 5.73 Å². The third kappa shape index (κ3) is 5.13. The number of carbonyl (C=O) groups is 1. The second kappa shape index (κ2) is 7.10. The van der Waals surface area contributed by atoms with E-state index in [2.05, 4.69) is 12.2 Å². The summed E-state index contributed by atoms with van der Waals surface area (Å²) in [4.78, 5) is 11.2. The lowest BCUT2D eigenvalue weighted by Gasteiger charge is -2.10. The summed E-state index contributed by atoms with van der Waals surface area (Å²) < 4.78 is 0. The minimum Gasteiger partial charge on any atom is -0.355 e. The second-order valence-electron chi connectivity index (χ2n) is 3.04. The average molecular weight is 172 g/mol. The number of rotatable bonds is 6. The van der Waals surface area contributed by atoms with Crippen LogP contribution in [-0.2, 0) is 4.79 Å². The summed E-state index contributed by atoms with van der Waals surface area (Å²) in [6.07, 6.45) is 3.87. The fraction of sp³-hybridized carbons (Fsp3) is 0.889. The Hall–Kier alpha value is -0.570. The molecular weight excluding hydrogens is 152 g/mol. The third-order valence-electron chi connectivity index (χ3n) is 1.77. The number of carbonyl (C=O) groups excluding carboxylic acids is 1. The van der Waals surface area contributed by atoms with Gasteiger partial charge in [-0.15, -0.1) is 0 Å². The van der Waals surface area contributed by atoms with E-state index in [1.807, 2.05) is 6.92 Å². The van der Waals surface area contributed by atoms with Gasteiger partial charge < -0.3 is 11.1 Å². The molecule has 0 spiro atoms. The molecule has 0 aliphatic rings. The van der Waals surface area contributed by atoms with E-state index in [1.54, 1.807) is 0 Å². The molecule has 1 unspecified atom stereocenters. The molecule has 1 amide bonds. The molecule has 0 aromatic carbocycles. The van der Waals surface area contributed by atoms with Crippen LogP contribution < -0.4 is 11.1 Å². The van der Waals surface area contributed by atoms with Crippen molar-refractivity contribution in [1.82, 2.24) is 5.32 Å². The molecule has 3 nitrogen and oxygen atoms in total. The van der Waals surface area contributed by atoms with Crippen LogP contribution >= 0.6 is 0 Å². The molecule has 3 heteroatoms. The van der Waals surface area contributed by atoms with Crippen LogP contribution in [0, 0.1) is 0 Å². The number of nitrogens with two attached hydrogens (primary N) is 1. The predicted octanol–water partition coefficient (Wildman–Crippen LogP) is 1.03. The third-order valence-corrected chi connectivity index (χ3v) is 1.77. The minimum atomic E-state index is -0.313. The fourth-order valence-electron chi connectivity index (χ4n) is 0.962. The Morgan fingerprint density at radius 1 is 1.42 bits per heavy atom. The molecule has 0 rings (SSSR count). The van der Waals surface area contributed by atoms with Gasteiger partial charge in [0.05, 0.1) is 6.04 Å². The van der Waals surface area contributed by atoms with Crippen molar-refractivity contribution in [2.45, 2.75) is 45.6 Å². The molecule has 0 saturated carbocycles. The van der Waals surface area contributed by atoms with E-state index in [1.165, 1.54) is 0 Å². The van der Waals surface area contributed by atoms with Gasteiger partial charge in [0.2, 0.25) is 5.91 Å². The van der Waals surface area contributed by atoms with Gasteiger partial charge in [0.1, 0.15) is 0 Å². The molecule has 3 N–H and O–H groups in total. The van der Waals surface area contributed by atoms with Gasteiger partial charge in [0.25, 0.3) is 0 Å². The molecule has 0 saturated heterocycles. The molecule has 12 heavy (non-hydrogen) atoms. The Bertz CT molecular complexity index is 126. The minimum absolute atomic E-state index is 0.00898. The SMILES string of the molecule is CCCCNC(=O)C(N)CCC. The van der Waals surface area contributed by atoms with Crippen LogP contribution in [0.2, 0.25) is 0 Å². The van der Waals surface area contributed by atoms with Crippen LogP contribution in [0.3, 0.4) is 0 Å². The van der Waals surface area contributed by atoms with E-state index in [0.717, 1.165) is 32.2 Å². The van der Waals surface area contributed by atoms with Crippen LogP contribution in [0.1, 0.15) is 39.5 Å². The van der Waals surface area contributed by atoms with E-state index >= 15 is 0 Å². The summed E-state index contributed by atoms with van der Waals surface area (Å²) in [7, 11) is 0. The zero-order valence-corrected chi connectivity index (χ0v) is 8.10. The maximum atomic E-state index is 11.2. The first kappa shape index (κ1) is 11.4. The first-order valence-corrected chi connectivity index (χ1v) is 4.75. The number of hydrogen-bond acceptors (Lipinski definition) is 2. The van der Waals surface area contributed by atoms with Crippen LogP contribution in [-0.4, -0.2) is 18.5 Å². The van der Waals surface area contributed by atoms with Crippen molar-refractivity contribution >= 4 is 5.91 Å². The molecule has 0 bridgehead atoms. The van der Waals surface area contributed by atoms with Crippen molar-refractivity contribution in [3.05, 3.63) is 0 Å². The van der Waals surface area contributed by atoms with Gasteiger partial charge >= 0.3 is 0 Å². The van der Waals surface area contributed by atoms with Crippen LogP contribution in [0.4, 0.5) is 0 Å². The Labute approximate surface area is 74.7 Å². The Kier molecular flexibility index (Phi) is 6.76. The van der Waals surface area contributed by atoms with E-state index in [4.69, 9.17) is 5.73 Å². The summed E-state index contributed by atoms with van der Waals surface area (Å²) in [5, 5.41) is 2.80. The van der Waals surface area contributed by atoms with Gasteiger partial charge in [-0.2, -0.15) is 0 Å². The van der Waals surface area contributed by atoms with E-state index in [-0.39, 0.29) is 11.9 Å². The zero-order chi connectivity index (χ0) is 9.40. The largest absolute Gasteiger partial charge is 0.355 e. The predicted molar refractivity (Wildman–Crippen MR) is 50.8 cm³/mol. The van der Waals surface area contributed by atoms with Crippen molar-refractivity contribution < 1.29 is 4.79 Å². The van der Waals surface area contributed by atoms with Gasteiger partial charge in [-0.05, 0) is 12.8 Å². The highest BCUT2D eigenvalue weighted by Gasteiger charge is 2.10. The van der Waals surface area contributed by atoms with Gasteiger partial charge in [-0.1, -0.05) is 26.7 Å². The molecule has 0 aliphatic carbocycles. The smallest absolute Gasteiger partial charge is 0.236 e. The van der Waals surface area contributed by atoms with Crippen LogP contribution in [0.5, 0.6) is 0 Å². The van der Waals surface area contributed by atoms with Crippen LogP contribution in [0.25, 0.3) is 0 Å². The zero-order valence-electron chi connectivity index (χ0n) is 8.10. The first-order valence-electron chi connectivity index (χ1n) is 4.75. The molecular formula is C9H20N2O. The summed E-state index contributed by atoms with van der Waals surface area (Å²) >= 11 is 0. The monoisotopic (exact) mass is 172 g/mol. The highest BCUT2D eigenvalue weighted by Crippen LogP contribution is 1.93. The van der Waals surface area contributed by atoms with Crippen molar-refractivity contribution in [3.63, 3.8) is 0 Å². The normalized spacial score (nSPS) is 12.6. The standard InChI is InChI=1S/C9H20N2O/c1-3-5-7-11-9(12)8(10)6-4-2/h8H,3-7,10H2,1-2H3,(H,11,12). The molecule has 0 radical (unpaired) electrons. The fourth-order valence-corrected chi connectivity index (χ4v) is 0.962. The Morgan fingerprint density at radius 3 is 2.58 bits per heavy atom. The van der Waals surface area contributed by atoms with Crippen molar-refractivity contribution in [3.8, 4) is 0 Å². The summed E-state index contributed by atoms with van der Waals surface area (Å²) in [5.41, 5.74) is 5.60. The van der Waals surface area contributed by atoms with Crippen molar-refractivity contribution in [2.75, 3.05) is 6.54 Å². The Balaban J connectivity index is 3.43. The van der Waals surface area contributed by atoms with Crippen LogP contribution in [0.15, 0.2) is 0 Å². The van der Waals surface area contributed by atoms with Gasteiger partial charge in [-0.25, -0.2) is 0 Å². The lowest BCUT2D eigenvalue weighted by molar-refractivity contribution is -0.122. The number of unbranched alkanes of at least 4 members (excludes halogenated alkanes) is 1. The molecule has 72 valence electrons. The summed E-state index contributed by atoms with van der Waals surface area (Å²) in [5.74, 6) is -0.00898. The number of hydrogen-bond donors (Lipinski definition) is 2. The highest BCUT2D eigenvalue weighted by molar-refractivity contribution is 5.81. The quantitative estimate of drug-likeness (QED) is 0.588. The molecule has 0 heterocycles. The number of nitrogens with one attached hydrogen (secondary N) is 1. The van der Waals surface area contributed by atoms with Crippen molar-refractivity contribution in [1.29, 1.82) is 0 Å². The maximum Gasteiger partial charge on any atom is 0.236 e. The first-order chi connectivity index (χ1) is 5.72. The van der Waals surface area contributed by atoms with Gasteiger partial charge in [0, 0.05) is 6.54 Å². The summed E-state index contributed by atoms with van der Waals surface area (Å²) in [6, 6.07) is -0.313. The second-order valence-corrected chi connectivity index (χ2v) is 3.04. The molecule has 0 aromatic rings. The lowest BCUT2D eigenvalue weighted by atomic mass is 10.1. The topological polar surface area (TPSA) is 55.1 Å². The van der Waals surface area contributed by atoms with E-state index in [9.17, 15) is 4.79 Å². The molecule has 0 fully saturated rings. The summed E-state index contributed by atoms with van der Waals surface area (Å²) in [6.45, 7) is 4.88. The van der Waals surface area contributed by atoms with Gasteiger partial charge in [-0.3, -0.25) is 4.79 Å². The lowest BCUT2D eigenvalue weighted by Crippen LogP contribution is -2.40. The maximum absolute atomic E-state index is 11.2. The van der Waals surface area contributed by atoms with E-state index < -0.39 is 0 Å². The molecule has 0 aromatic heterocycles. The average Bonchev–Trinajstić information content (AvgIpc) is 2.05. The van der Waals surface area contributed by atoms with E-state index in [0.29, 0.717) is 0 Å². The molecule has 1 atom stereocenters. The number of amides is 1. The Morgan fingerprint density at radius 2 is 2.08 bits per heavy atom. The van der Waals surface area contributed by atoms with Gasteiger partial charge in [0.15, 0.2) is 0 Å².